The van der Waals surface area contributed by atoms with Crippen LogP contribution >= 0.6 is 0 Å². The Morgan fingerprint density at radius 2 is 1.80 bits per heavy atom. The Balaban J connectivity index is 0.000000921. The first kappa shape index (κ1) is 14.4. The van der Waals surface area contributed by atoms with E-state index in [2.05, 4.69) is 5.32 Å². The molecule has 90 valence electrons. The van der Waals surface area contributed by atoms with Gasteiger partial charge in [-0.15, -0.1) is 0 Å². The van der Waals surface area contributed by atoms with Crippen molar-refractivity contribution in [1.82, 2.24) is 10.2 Å². The lowest BCUT2D eigenvalue weighted by Gasteiger charge is -2.33. The molecule has 0 aliphatic carbocycles. The Bertz CT molecular complexity index is 187. The van der Waals surface area contributed by atoms with Crippen molar-refractivity contribution >= 4 is 5.91 Å². The van der Waals surface area contributed by atoms with Gasteiger partial charge in [-0.05, 0) is 13.8 Å². The molecule has 1 aliphatic heterocycles. The van der Waals surface area contributed by atoms with Gasteiger partial charge in [0.2, 0.25) is 5.91 Å². The number of carbonyl (C=O) groups excluding carboxylic acids is 1. The lowest BCUT2D eigenvalue weighted by molar-refractivity contribution is -0.143. The summed E-state index contributed by atoms with van der Waals surface area (Å²) in [7, 11) is 0. The molecule has 0 saturated carbocycles. The van der Waals surface area contributed by atoms with E-state index in [1.165, 1.54) is 0 Å². The highest BCUT2D eigenvalue weighted by Crippen LogP contribution is 2.17. The third-order valence-electron chi connectivity index (χ3n) is 2.38. The topological polar surface area (TPSA) is 52.6 Å². The third-order valence-corrected chi connectivity index (χ3v) is 2.38. The molecule has 4 heteroatoms. The summed E-state index contributed by atoms with van der Waals surface area (Å²) in [4.78, 5) is 13.6. The standard InChI is InChI=1S/C9H18N2O2.C2H6/c1-9(2,7-12)8(13)11-5-3-10-4-6-11;1-2/h10,12H,3-7H2,1-2H3;1-2H3. The fourth-order valence-electron chi connectivity index (χ4n) is 1.36. The maximum absolute atomic E-state index is 11.8. The molecule has 4 nitrogen and oxygen atoms in total. The number of rotatable bonds is 2. The van der Waals surface area contributed by atoms with Gasteiger partial charge in [-0.3, -0.25) is 4.79 Å². The highest BCUT2D eigenvalue weighted by Gasteiger charge is 2.31. The van der Waals surface area contributed by atoms with E-state index < -0.39 is 5.41 Å². The van der Waals surface area contributed by atoms with Gasteiger partial charge in [-0.25, -0.2) is 0 Å². The number of aliphatic hydroxyl groups is 1. The van der Waals surface area contributed by atoms with Crippen LogP contribution in [0.25, 0.3) is 0 Å². The van der Waals surface area contributed by atoms with Crippen LogP contribution in [0.3, 0.4) is 0 Å². The van der Waals surface area contributed by atoms with Crippen LogP contribution in [-0.2, 0) is 4.79 Å². The summed E-state index contributed by atoms with van der Waals surface area (Å²) in [5.74, 6) is 0.0523. The molecule has 0 unspecified atom stereocenters. The summed E-state index contributed by atoms with van der Waals surface area (Å²) in [5, 5.41) is 12.2. The van der Waals surface area contributed by atoms with Crippen LogP contribution in [-0.4, -0.2) is 48.7 Å². The van der Waals surface area contributed by atoms with Crippen molar-refractivity contribution in [2.24, 2.45) is 5.41 Å². The number of nitrogens with one attached hydrogen (secondary N) is 1. The molecule has 1 amide bonds. The normalized spacial score (nSPS) is 16.7. The number of carbonyl (C=O) groups is 1. The van der Waals surface area contributed by atoms with Gasteiger partial charge < -0.3 is 15.3 Å². The van der Waals surface area contributed by atoms with E-state index in [4.69, 9.17) is 5.11 Å². The maximum Gasteiger partial charge on any atom is 0.230 e. The van der Waals surface area contributed by atoms with E-state index in [0.29, 0.717) is 0 Å². The molecule has 1 aliphatic rings. The van der Waals surface area contributed by atoms with Gasteiger partial charge in [0.25, 0.3) is 0 Å². The van der Waals surface area contributed by atoms with Gasteiger partial charge in [-0.1, -0.05) is 13.8 Å². The predicted octanol–water partition coefficient (Wildman–Crippen LogP) is 0.463. The minimum Gasteiger partial charge on any atom is -0.395 e. The Morgan fingerprint density at radius 1 is 1.33 bits per heavy atom. The van der Waals surface area contributed by atoms with E-state index in [-0.39, 0.29) is 12.5 Å². The molecular weight excluding hydrogens is 192 g/mol. The quantitative estimate of drug-likeness (QED) is 0.705. The first-order chi connectivity index (χ1) is 7.08. The fourth-order valence-corrected chi connectivity index (χ4v) is 1.36. The number of piperazine rings is 1. The Labute approximate surface area is 92.7 Å². The number of nitrogens with zero attached hydrogens (tertiary/aromatic N) is 1. The van der Waals surface area contributed by atoms with Crippen molar-refractivity contribution in [3.63, 3.8) is 0 Å². The average Bonchev–Trinajstić information content (AvgIpc) is 2.32. The Kier molecular flexibility index (Phi) is 6.52. The molecule has 0 aromatic rings. The summed E-state index contributed by atoms with van der Waals surface area (Å²) in [5.41, 5.74) is -0.628. The second-order valence-electron chi connectivity index (χ2n) is 4.08. The van der Waals surface area contributed by atoms with Gasteiger partial charge in [-0.2, -0.15) is 0 Å². The molecule has 1 fully saturated rings. The monoisotopic (exact) mass is 216 g/mol. The Hall–Kier alpha value is -0.610. The van der Waals surface area contributed by atoms with Crippen LogP contribution in [0.15, 0.2) is 0 Å². The van der Waals surface area contributed by atoms with E-state index >= 15 is 0 Å². The van der Waals surface area contributed by atoms with Gasteiger partial charge in [0.15, 0.2) is 0 Å². The Morgan fingerprint density at radius 3 is 2.20 bits per heavy atom. The number of amides is 1. The molecule has 0 bridgehead atoms. The summed E-state index contributed by atoms with van der Waals surface area (Å²) < 4.78 is 0. The zero-order chi connectivity index (χ0) is 11.9. The van der Waals surface area contributed by atoms with Crippen LogP contribution in [0.1, 0.15) is 27.7 Å². The molecule has 1 saturated heterocycles. The fraction of sp³-hybridized carbons (Fsp3) is 0.909. The first-order valence-electron chi connectivity index (χ1n) is 5.69. The minimum absolute atomic E-state index is 0.0523. The van der Waals surface area contributed by atoms with Crippen LogP contribution in [0.5, 0.6) is 0 Å². The van der Waals surface area contributed by atoms with Crippen molar-refractivity contribution in [1.29, 1.82) is 0 Å². The molecule has 0 atom stereocenters. The lowest BCUT2D eigenvalue weighted by Crippen LogP contribution is -2.51. The SMILES string of the molecule is CC.CC(C)(CO)C(=O)N1CCNCC1. The summed E-state index contributed by atoms with van der Waals surface area (Å²) in [6.07, 6.45) is 0. The molecule has 0 aromatic heterocycles. The van der Waals surface area contributed by atoms with Crippen molar-refractivity contribution in [2.75, 3.05) is 32.8 Å². The third kappa shape index (κ3) is 4.18. The summed E-state index contributed by atoms with van der Waals surface area (Å²) in [6, 6.07) is 0. The van der Waals surface area contributed by atoms with Crippen molar-refractivity contribution < 1.29 is 9.90 Å². The van der Waals surface area contributed by atoms with Crippen LogP contribution in [0.2, 0.25) is 0 Å². The van der Waals surface area contributed by atoms with Gasteiger partial charge in [0.05, 0.1) is 12.0 Å². The first-order valence-corrected chi connectivity index (χ1v) is 5.69. The minimum atomic E-state index is -0.628. The van der Waals surface area contributed by atoms with E-state index in [9.17, 15) is 4.79 Å². The predicted molar refractivity (Wildman–Crippen MR) is 61.7 cm³/mol. The molecule has 0 radical (unpaired) electrons. The van der Waals surface area contributed by atoms with Gasteiger partial charge in [0.1, 0.15) is 0 Å². The van der Waals surface area contributed by atoms with Gasteiger partial charge in [0, 0.05) is 26.2 Å². The van der Waals surface area contributed by atoms with Crippen molar-refractivity contribution in [2.45, 2.75) is 27.7 Å². The number of aliphatic hydroxyl groups excluding tert-OH is 1. The van der Waals surface area contributed by atoms with E-state index in [1.54, 1.807) is 13.8 Å². The number of hydrogen-bond acceptors (Lipinski definition) is 3. The zero-order valence-electron chi connectivity index (χ0n) is 10.3. The van der Waals surface area contributed by atoms with Gasteiger partial charge >= 0.3 is 0 Å². The molecule has 1 heterocycles. The maximum atomic E-state index is 11.8. The highest BCUT2D eigenvalue weighted by atomic mass is 16.3. The summed E-state index contributed by atoms with van der Waals surface area (Å²) >= 11 is 0. The van der Waals surface area contributed by atoms with E-state index in [1.807, 2.05) is 18.7 Å². The van der Waals surface area contributed by atoms with Crippen LogP contribution in [0.4, 0.5) is 0 Å². The zero-order valence-corrected chi connectivity index (χ0v) is 10.3. The highest BCUT2D eigenvalue weighted by molar-refractivity contribution is 5.82. The summed E-state index contributed by atoms with van der Waals surface area (Å²) in [6.45, 7) is 10.7. The van der Waals surface area contributed by atoms with Crippen LogP contribution in [0, 0.1) is 5.41 Å². The van der Waals surface area contributed by atoms with Crippen molar-refractivity contribution in [3.05, 3.63) is 0 Å². The van der Waals surface area contributed by atoms with E-state index in [0.717, 1.165) is 26.2 Å². The molecular formula is C11H24N2O2. The molecule has 15 heavy (non-hydrogen) atoms. The molecule has 2 N–H and O–H groups in total. The number of hydrogen-bond donors (Lipinski definition) is 2. The van der Waals surface area contributed by atoms with Crippen LogP contribution < -0.4 is 5.32 Å². The molecule has 0 spiro atoms. The molecule has 1 rings (SSSR count). The molecule has 0 aromatic carbocycles. The largest absolute Gasteiger partial charge is 0.395 e. The van der Waals surface area contributed by atoms with Crippen molar-refractivity contribution in [3.8, 4) is 0 Å². The lowest BCUT2D eigenvalue weighted by atomic mass is 9.92. The smallest absolute Gasteiger partial charge is 0.230 e. The second-order valence-corrected chi connectivity index (χ2v) is 4.08. The second kappa shape index (κ2) is 6.80. The average molecular weight is 216 g/mol.